The molecule has 0 saturated heterocycles. The Morgan fingerprint density at radius 1 is 0.938 bits per heavy atom. The molecule has 0 spiro atoms. The second-order valence-corrected chi connectivity index (χ2v) is 3.75. The zero-order valence-electron chi connectivity index (χ0n) is 8.99. The maximum absolute atomic E-state index is 12.8. The lowest BCUT2D eigenvalue weighted by atomic mass is 10.0. The maximum atomic E-state index is 12.8. The van der Waals surface area contributed by atoms with Crippen molar-refractivity contribution in [1.29, 1.82) is 0 Å². The van der Waals surface area contributed by atoms with Crippen LogP contribution in [0.4, 0.5) is 4.39 Å². The van der Waals surface area contributed by atoms with Gasteiger partial charge in [0.05, 0.1) is 0 Å². The first-order chi connectivity index (χ1) is 7.79. The van der Waals surface area contributed by atoms with E-state index in [0.717, 1.165) is 17.5 Å². The fourth-order valence-electron chi connectivity index (χ4n) is 1.72. The predicted octanol–water partition coefficient (Wildman–Crippen LogP) is 2.99. The van der Waals surface area contributed by atoms with Crippen LogP contribution >= 0.6 is 0 Å². The highest BCUT2D eigenvalue weighted by atomic mass is 19.1. The van der Waals surface area contributed by atoms with E-state index in [1.54, 1.807) is 12.1 Å². The molecule has 82 valence electrons. The molecule has 0 atom stereocenters. The molecule has 0 unspecified atom stereocenters. The normalized spacial score (nSPS) is 10.4. The van der Waals surface area contributed by atoms with Gasteiger partial charge in [-0.25, -0.2) is 4.39 Å². The van der Waals surface area contributed by atoms with Crippen LogP contribution in [-0.4, -0.2) is 6.54 Å². The summed E-state index contributed by atoms with van der Waals surface area (Å²) in [6, 6.07) is 14.7. The van der Waals surface area contributed by atoms with Crippen molar-refractivity contribution in [1.82, 2.24) is 0 Å². The summed E-state index contributed by atoms with van der Waals surface area (Å²) in [5, 5.41) is 0. The van der Waals surface area contributed by atoms with E-state index in [9.17, 15) is 4.39 Å². The quantitative estimate of drug-likeness (QED) is 0.836. The average molecular weight is 215 g/mol. The summed E-state index contributed by atoms with van der Waals surface area (Å²) in [6.07, 6.45) is 0.870. The molecular formula is C14H14FN. The lowest BCUT2D eigenvalue weighted by molar-refractivity contribution is 0.628. The standard InChI is InChI=1S/C14H14FN/c15-14-6-4-12(5-7-14)13-3-1-2-11(10-13)8-9-16/h1-7,10H,8-9,16H2. The van der Waals surface area contributed by atoms with Crippen LogP contribution in [0.1, 0.15) is 5.56 Å². The van der Waals surface area contributed by atoms with Crippen molar-refractivity contribution >= 4 is 0 Å². The number of hydrogen-bond donors (Lipinski definition) is 1. The molecule has 0 saturated carbocycles. The number of benzene rings is 2. The molecule has 2 N–H and O–H groups in total. The highest BCUT2D eigenvalue weighted by Gasteiger charge is 1.99. The summed E-state index contributed by atoms with van der Waals surface area (Å²) in [6.45, 7) is 0.646. The number of hydrogen-bond acceptors (Lipinski definition) is 1. The lowest BCUT2D eigenvalue weighted by Crippen LogP contribution is -2.02. The van der Waals surface area contributed by atoms with Crippen LogP contribution in [0.5, 0.6) is 0 Å². The largest absolute Gasteiger partial charge is 0.330 e. The average Bonchev–Trinajstić information content (AvgIpc) is 2.31. The molecule has 0 radical (unpaired) electrons. The van der Waals surface area contributed by atoms with Crippen molar-refractivity contribution in [2.75, 3.05) is 6.54 Å². The molecule has 0 aliphatic rings. The van der Waals surface area contributed by atoms with E-state index in [1.807, 2.05) is 12.1 Å². The topological polar surface area (TPSA) is 26.0 Å². The van der Waals surface area contributed by atoms with E-state index in [-0.39, 0.29) is 5.82 Å². The van der Waals surface area contributed by atoms with Gasteiger partial charge < -0.3 is 5.73 Å². The molecule has 16 heavy (non-hydrogen) atoms. The van der Waals surface area contributed by atoms with Crippen LogP contribution < -0.4 is 5.73 Å². The van der Waals surface area contributed by atoms with Gasteiger partial charge in [0.15, 0.2) is 0 Å². The Morgan fingerprint density at radius 2 is 1.69 bits per heavy atom. The van der Waals surface area contributed by atoms with E-state index in [0.29, 0.717) is 6.54 Å². The van der Waals surface area contributed by atoms with Crippen molar-refractivity contribution < 1.29 is 4.39 Å². The number of halogens is 1. The molecule has 0 amide bonds. The third kappa shape index (κ3) is 2.47. The Morgan fingerprint density at radius 3 is 2.38 bits per heavy atom. The Kier molecular flexibility index (Phi) is 3.32. The van der Waals surface area contributed by atoms with Gasteiger partial charge in [0.1, 0.15) is 5.82 Å². The smallest absolute Gasteiger partial charge is 0.123 e. The van der Waals surface area contributed by atoms with Gasteiger partial charge in [0.2, 0.25) is 0 Å². The monoisotopic (exact) mass is 215 g/mol. The van der Waals surface area contributed by atoms with Crippen molar-refractivity contribution in [3.63, 3.8) is 0 Å². The molecule has 0 heterocycles. The van der Waals surface area contributed by atoms with E-state index in [1.165, 1.54) is 17.7 Å². The molecule has 2 aromatic carbocycles. The summed E-state index contributed by atoms with van der Waals surface area (Å²) in [4.78, 5) is 0. The van der Waals surface area contributed by atoms with Crippen molar-refractivity contribution in [3.8, 4) is 11.1 Å². The summed E-state index contributed by atoms with van der Waals surface area (Å²) in [5.74, 6) is -0.207. The minimum atomic E-state index is -0.207. The van der Waals surface area contributed by atoms with Crippen molar-refractivity contribution in [2.24, 2.45) is 5.73 Å². The zero-order valence-corrected chi connectivity index (χ0v) is 8.99. The second-order valence-electron chi connectivity index (χ2n) is 3.75. The molecular weight excluding hydrogens is 201 g/mol. The molecule has 0 aliphatic carbocycles. The Bertz CT molecular complexity index is 462. The molecule has 0 aromatic heterocycles. The molecule has 0 fully saturated rings. The summed E-state index contributed by atoms with van der Waals surface area (Å²) in [7, 11) is 0. The van der Waals surface area contributed by atoms with Gasteiger partial charge in [0, 0.05) is 0 Å². The fraction of sp³-hybridized carbons (Fsp3) is 0.143. The summed E-state index contributed by atoms with van der Waals surface area (Å²) >= 11 is 0. The first-order valence-electron chi connectivity index (χ1n) is 5.34. The van der Waals surface area contributed by atoms with E-state index < -0.39 is 0 Å². The molecule has 1 nitrogen and oxygen atoms in total. The minimum Gasteiger partial charge on any atom is -0.330 e. The molecule has 0 aliphatic heterocycles. The van der Waals surface area contributed by atoms with Gasteiger partial charge >= 0.3 is 0 Å². The van der Waals surface area contributed by atoms with Crippen molar-refractivity contribution in [2.45, 2.75) is 6.42 Å². The molecule has 2 heteroatoms. The van der Waals surface area contributed by atoms with Gasteiger partial charge in [0.25, 0.3) is 0 Å². The van der Waals surface area contributed by atoms with Crippen LogP contribution in [0.15, 0.2) is 48.5 Å². The van der Waals surface area contributed by atoms with E-state index >= 15 is 0 Å². The van der Waals surface area contributed by atoms with Crippen molar-refractivity contribution in [3.05, 3.63) is 59.9 Å². The van der Waals surface area contributed by atoms with Gasteiger partial charge in [-0.1, -0.05) is 36.4 Å². The first kappa shape index (κ1) is 10.8. The maximum Gasteiger partial charge on any atom is 0.123 e. The lowest BCUT2D eigenvalue weighted by Gasteiger charge is -2.04. The zero-order chi connectivity index (χ0) is 11.4. The highest BCUT2D eigenvalue weighted by Crippen LogP contribution is 2.20. The van der Waals surface area contributed by atoms with Gasteiger partial charge in [-0.2, -0.15) is 0 Å². The van der Waals surface area contributed by atoms with E-state index in [2.05, 4.69) is 12.1 Å². The summed E-state index contributed by atoms with van der Waals surface area (Å²) in [5.41, 5.74) is 8.86. The van der Waals surface area contributed by atoms with Gasteiger partial charge in [-0.05, 0) is 41.8 Å². The molecule has 2 rings (SSSR count). The molecule has 0 bridgehead atoms. The fourth-order valence-corrected chi connectivity index (χ4v) is 1.72. The van der Waals surface area contributed by atoms with Crippen LogP contribution in [0.25, 0.3) is 11.1 Å². The molecule has 2 aromatic rings. The van der Waals surface area contributed by atoms with Gasteiger partial charge in [-0.15, -0.1) is 0 Å². The number of nitrogens with two attached hydrogens (primary N) is 1. The SMILES string of the molecule is NCCc1cccc(-c2ccc(F)cc2)c1. The third-order valence-electron chi connectivity index (χ3n) is 2.54. The predicted molar refractivity (Wildman–Crippen MR) is 64.6 cm³/mol. The first-order valence-corrected chi connectivity index (χ1v) is 5.34. The number of rotatable bonds is 3. The van der Waals surface area contributed by atoms with E-state index in [4.69, 9.17) is 5.73 Å². The summed E-state index contributed by atoms with van der Waals surface area (Å²) < 4.78 is 12.8. The van der Waals surface area contributed by atoms with Crippen LogP contribution in [0.3, 0.4) is 0 Å². The van der Waals surface area contributed by atoms with Crippen LogP contribution in [0, 0.1) is 5.82 Å². The second kappa shape index (κ2) is 4.90. The Hall–Kier alpha value is -1.67. The third-order valence-corrected chi connectivity index (χ3v) is 2.54. The Balaban J connectivity index is 2.32. The van der Waals surface area contributed by atoms with Gasteiger partial charge in [-0.3, -0.25) is 0 Å². The Labute approximate surface area is 94.7 Å². The highest BCUT2D eigenvalue weighted by molar-refractivity contribution is 5.64. The minimum absolute atomic E-state index is 0.207. The van der Waals surface area contributed by atoms with Crippen LogP contribution in [-0.2, 0) is 6.42 Å². The van der Waals surface area contributed by atoms with Crippen LogP contribution in [0.2, 0.25) is 0 Å².